The van der Waals surface area contributed by atoms with Crippen molar-refractivity contribution in [3.05, 3.63) is 0 Å². The molecule has 0 amide bonds. The van der Waals surface area contributed by atoms with Gasteiger partial charge >= 0.3 is 5.97 Å². The van der Waals surface area contributed by atoms with Gasteiger partial charge in [-0.25, -0.2) is 0 Å². The molecule has 1 aliphatic heterocycles. The number of esters is 1. The van der Waals surface area contributed by atoms with Crippen LogP contribution in [-0.4, -0.2) is 45.7 Å². The summed E-state index contributed by atoms with van der Waals surface area (Å²) in [5, 5.41) is 28.2. The van der Waals surface area contributed by atoms with Crippen LogP contribution in [0.3, 0.4) is 0 Å². The Bertz CT molecular complexity index is 229. The van der Waals surface area contributed by atoms with Crippen molar-refractivity contribution in [1.29, 1.82) is 0 Å². The Labute approximate surface area is 74.9 Å². The molecule has 5 atom stereocenters. The van der Waals surface area contributed by atoms with Gasteiger partial charge in [0, 0.05) is 12.3 Å². The number of aliphatic hydroxyl groups is 3. The molecule has 1 aliphatic carbocycles. The Morgan fingerprint density at radius 1 is 1.23 bits per heavy atom. The minimum atomic E-state index is -1.06. The molecule has 0 unspecified atom stereocenters. The van der Waals surface area contributed by atoms with Crippen LogP contribution >= 0.6 is 0 Å². The van der Waals surface area contributed by atoms with E-state index in [0.717, 1.165) is 0 Å². The van der Waals surface area contributed by atoms with Crippen LogP contribution < -0.4 is 0 Å². The Morgan fingerprint density at radius 3 is 2.62 bits per heavy atom. The zero-order valence-corrected chi connectivity index (χ0v) is 6.96. The second-order valence-corrected chi connectivity index (χ2v) is 3.68. The van der Waals surface area contributed by atoms with Crippen LogP contribution in [0.4, 0.5) is 0 Å². The van der Waals surface area contributed by atoms with Crippen LogP contribution in [0.15, 0.2) is 0 Å². The lowest BCUT2D eigenvalue weighted by atomic mass is 9.80. The summed E-state index contributed by atoms with van der Waals surface area (Å²) in [5.74, 6) is -0.770. The van der Waals surface area contributed by atoms with Gasteiger partial charge in [-0.3, -0.25) is 4.79 Å². The van der Waals surface area contributed by atoms with E-state index in [1.54, 1.807) is 0 Å². The third-order valence-corrected chi connectivity index (χ3v) is 2.80. The first-order valence-corrected chi connectivity index (χ1v) is 4.33. The van der Waals surface area contributed by atoms with Crippen molar-refractivity contribution >= 4 is 5.97 Å². The van der Waals surface area contributed by atoms with E-state index in [9.17, 15) is 20.1 Å². The van der Waals surface area contributed by atoms with Gasteiger partial charge in [0.25, 0.3) is 0 Å². The number of rotatable bonds is 0. The van der Waals surface area contributed by atoms with Crippen molar-refractivity contribution in [3.63, 3.8) is 0 Å². The smallest absolute Gasteiger partial charge is 0.306 e. The minimum Gasteiger partial charge on any atom is -0.459 e. The number of hydrogen-bond acceptors (Lipinski definition) is 5. The highest BCUT2D eigenvalue weighted by Crippen LogP contribution is 2.35. The maximum absolute atomic E-state index is 10.9. The van der Waals surface area contributed by atoms with E-state index >= 15 is 0 Å². The second kappa shape index (κ2) is 2.94. The monoisotopic (exact) mass is 188 g/mol. The van der Waals surface area contributed by atoms with Gasteiger partial charge in [-0.05, 0) is 0 Å². The predicted molar refractivity (Wildman–Crippen MR) is 40.6 cm³/mol. The molecule has 13 heavy (non-hydrogen) atoms. The average Bonchev–Trinajstić information content (AvgIpc) is 2.44. The zero-order valence-electron chi connectivity index (χ0n) is 6.96. The fourth-order valence-corrected chi connectivity index (χ4v) is 2.05. The third-order valence-electron chi connectivity index (χ3n) is 2.80. The quantitative estimate of drug-likeness (QED) is 0.399. The summed E-state index contributed by atoms with van der Waals surface area (Å²) in [5.41, 5.74) is 0. The number of hydrogen-bond donors (Lipinski definition) is 3. The number of ether oxygens (including phenoxy) is 1. The molecule has 2 rings (SSSR count). The summed E-state index contributed by atoms with van der Waals surface area (Å²) < 4.78 is 4.81. The maximum atomic E-state index is 10.9. The Kier molecular flexibility index (Phi) is 2.02. The number of carbonyl (C=O) groups is 1. The van der Waals surface area contributed by atoms with Crippen molar-refractivity contribution in [2.24, 2.45) is 5.92 Å². The lowest BCUT2D eigenvalue weighted by Crippen LogP contribution is -2.50. The molecule has 2 aliphatic rings. The minimum absolute atomic E-state index is 0.110. The molecule has 5 heteroatoms. The molecule has 0 aromatic carbocycles. The average molecular weight is 188 g/mol. The van der Waals surface area contributed by atoms with Gasteiger partial charge in [-0.2, -0.15) is 0 Å². The molecule has 0 aromatic heterocycles. The lowest BCUT2D eigenvalue weighted by molar-refractivity contribution is -0.160. The van der Waals surface area contributed by atoms with E-state index in [0.29, 0.717) is 0 Å². The number of fused-ring (bicyclic) bond motifs is 1. The standard InChI is InChI=1S/C8H12O5/c9-4-2-5(10)7(12)8-3(4)1-6(11)13-8/h3-5,7-10,12H,1-2H2/t3-,4+,5-,7+,8-/m1/s1. The van der Waals surface area contributed by atoms with Crippen LogP contribution in [0.1, 0.15) is 12.8 Å². The molecule has 3 N–H and O–H groups in total. The first-order chi connectivity index (χ1) is 6.09. The van der Waals surface area contributed by atoms with Crippen LogP contribution in [0.25, 0.3) is 0 Å². The molecule has 5 nitrogen and oxygen atoms in total. The van der Waals surface area contributed by atoms with E-state index in [4.69, 9.17) is 4.74 Å². The summed E-state index contributed by atoms with van der Waals surface area (Å²) in [4.78, 5) is 10.9. The first-order valence-electron chi connectivity index (χ1n) is 4.33. The first kappa shape index (κ1) is 8.93. The topological polar surface area (TPSA) is 87.0 Å². The highest BCUT2D eigenvalue weighted by molar-refractivity contribution is 5.72. The molecule has 74 valence electrons. The fraction of sp³-hybridized carbons (Fsp3) is 0.875. The molecular weight excluding hydrogens is 176 g/mol. The second-order valence-electron chi connectivity index (χ2n) is 3.68. The summed E-state index contributed by atoms with van der Waals surface area (Å²) >= 11 is 0. The third kappa shape index (κ3) is 1.33. The van der Waals surface area contributed by atoms with Crippen molar-refractivity contribution in [3.8, 4) is 0 Å². The van der Waals surface area contributed by atoms with Gasteiger partial charge in [0.15, 0.2) is 0 Å². The Hall–Kier alpha value is -0.650. The summed E-state index contributed by atoms with van der Waals surface area (Å²) in [7, 11) is 0. The highest BCUT2D eigenvalue weighted by atomic mass is 16.6. The summed E-state index contributed by atoms with van der Waals surface area (Å²) in [6, 6.07) is 0. The van der Waals surface area contributed by atoms with Crippen molar-refractivity contribution in [2.75, 3.05) is 0 Å². The van der Waals surface area contributed by atoms with Gasteiger partial charge in [0.2, 0.25) is 0 Å². The van der Waals surface area contributed by atoms with E-state index in [1.807, 2.05) is 0 Å². The van der Waals surface area contributed by atoms with Gasteiger partial charge in [-0.15, -0.1) is 0 Å². The fourth-order valence-electron chi connectivity index (χ4n) is 2.05. The lowest BCUT2D eigenvalue weighted by Gasteiger charge is -2.35. The van der Waals surface area contributed by atoms with Crippen LogP contribution in [-0.2, 0) is 9.53 Å². The van der Waals surface area contributed by atoms with Crippen molar-refractivity contribution in [2.45, 2.75) is 37.3 Å². The number of aliphatic hydroxyl groups excluding tert-OH is 3. The van der Waals surface area contributed by atoms with E-state index in [-0.39, 0.29) is 18.8 Å². The molecule has 0 radical (unpaired) electrons. The molecular formula is C8H12O5. The summed E-state index contributed by atoms with van der Waals surface area (Å²) in [6.07, 6.45) is -3.29. The maximum Gasteiger partial charge on any atom is 0.306 e. The van der Waals surface area contributed by atoms with Gasteiger partial charge in [-0.1, -0.05) is 0 Å². The normalized spacial score (nSPS) is 50.1. The van der Waals surface area contributed by atoms with Crippen LogP contribution in [0, 0.1) is 5.92 Å². The van der Waals surface area contributed by atoms with Crippen LogP contribution in [0.5, 0.6) is 0 Å². The molecule has 1 saturated heterocycles. The van der Waals surface area contributed by atoms with E-state index in [1.165, 1.54) is 0 Å². The molecule has 0 aromatic rings. The van der Waals surface area contributed by atoms with Crippen molar-refractivity contribution < 1.29 is 24.9 Å². The van der Waals surface area contributed by atoms with Crippen molar-refractivity contribution in [1.82, 2.24) is 0 Å². The van der Waals surface area contributed by atoms with E-state index in [2.05, 4.69) is 0 Å². The van der Waals surface area contributed by atoms with E-state index < -0.39 is 30.4 Å². The van der Waals surface area contributed by atoms with Gasteiger partial charge < -0.3 is 20.1 Å². The highest BCUT2D eigenvalue weighted by Gasteiger charge is 2.49. The SMILES string of the molecule is O=C1C[C@H]2[C@@H](O1)[C@@H](O)[C@H](O)C[C@@H]2O. The predicted octanol–water partition coefficient (Wildman–Crippen LogP) is -1.60. The largest absolute Gasteiger partial charge is 0.459 e. The Morgan fingerprint density at radius 2 is 1.92 bits per heavy atom. The van der Waals surface area contributed by atoms with Crippen LogP contribution in [0.2, 0.25) is 0 Å². The van der Waals surface area contributed by atoms with Gasteiger partial charge in [0.1, 0.15) is 12.2 Å². The zero-order chi connectivity index (χ0) is 9.59. The molecule has 2 fully saturated rings. The Balaban J connectivity index is 2.17. The molecule has 1 heterocycles. The van der Waals surface area contributed by atoms with Gasteiger partial charge in [0.05, 0.1) is 18.6 Å². The molecule has 0 spiro atoms. The summed E-state index contributed by atoms with van der Waals surface area (Å²) in [6.45, 7) is 0. The molecule has 1 saturated carbocycles. The number of carbonyl (C=O) groups excluding carboxylic acids is 1. The molecule has 0 bridgehead atoms.